The molecule has 0 aliphatic carbocycles. The van der Waals surface area contributed by atoms with Gasteiger partial charge in [-0.15, -0.1) is 0 Å². The summed E-state index contributed by atoms with van der Waals surface area (Å²) >= 11 is 4.60. The van der Waals surface area contributed by atoms with Crippen LogP contribution in [0.2, 0.25) is 5.32 Å². The zero-order valence-electron chi connectivity index (χ0n) is 9.03. The predicted molar refractivity (Wildman–Crippen MR) is 69.3 cm³/mol. The van der Waals surface area contributed by atoms with E-state index in [9.17, 15) is 0 Å². The third-order valence-corrected chi connectivity index (χ3v) is 5.26. The van der Waals surface area contributed by atoms with Crippen molar-refractivity contribution in [1.29, 1.82) is 5.26 Å². The van der Waals surface area contributed by atoms with E-state index in [1.54, 1.807) is 0 Å². The Morgan fingerprint density at radius 3 is 2.73 bits per heavy atom. The third-order valence-electron chi connectivity index (χ3n) is 2.14. The van der Waals surface area contributed by atoms with Gasteiger partial charge in [0.2, 0.25) is 0 Å². The molecule has 0 spiro atoms. The molecule has 1 nitrogen and oxygen atoms in total. The Morgan fingerprint density at radius 2 is 2.20 bits per heavy atom. The van der Waals surface area contributed by atoms with Gasteiger partial charge < -0.3 is 0 Å². The summed E-state index contributed by atoms with van der Waals surface area (Å²) in [5.74, 6) is 1.43. The summed E-state index contributed by atoms with van der Waals surface area (Å²) in [7, 11) is 0. The molecule has 1 aromatic rings. The zero-order chi connectivity index (χ0) is 11.3. The Morgan fingerprint density at radius 1 is 1.47 bits per heavy atom. The fraction of sp³-hybridized carbons (Fsp3) is 0.417. The van der Waals surface area contributed by atoms with Gasteiger partial charge in [-0.1, -0.05) is 0 Å². The van der Waals surface area contributed by atoms with Crippen LogP contribution in [0.1, 0.15) is 30.9 Å². The van der Waals surface area contributed by atoms with Gasteiger partial charge in [-0.05, 0) is 0 Å². The van der Waals surface area contributed by atoms with Crippen LogP contribution in [-0.4, -0.2) is 20.7 Å². The second-order valence-corrected chi connectivity index (χ2v) is 6.43. The van der Waals surface area contributed by atoms with Gasteiger partial charge in [0, 0.05) is 0 Å². The van der Waals surface area contributed by atoms with Crippen LogP contribution in [0.25, 0.3) is 0 Å². The van der Waals surface area contributed by atoms with Crippen LogP contribution < -0.4 is 4.46 Å². The Bertz CT molecular complexity index is 368. The van der Waals surface area contributed by atoms with Gasteiger partial charge >= 0.3 is 104 Å². The van der Waals surface area contributed by atoms with Crippen molar-refractivity contribution in [3.8, 4) is 6.07 Å². The van der Waals surface area contributed by atoms with E-state index >= 15 is 0 Å². The molecule has 1 aromatic carbocycles. The van der Waals surface area contributed by atoms with E-state index in [1.165, 1.54) is 10.0 Å². The van der Waals surface area contributed by atoms with Crippen LogP contribution in [-0.2, 0) is 0 Å². The van der Waals surface area contributed by atoms with Crippen LogP contribution in [0.3, 0.4) is 0 Å². The molecule has 0 radical (unpaired) electrons. The number of nitriles is 1. The SMILES string of the molecule is CC(C)c1ccc(C#N)c([Se]CCS)c1. The minimum atomic E-state index is 0.387. The molecule has 0 saturated carbocycles. The van der Waals surface area contributed by atoms with Crippen LogP contribution in [0.4, 0.5) is 0 Å². The van der Waals surface area contributed by atoms with E-state index in [2.05, 4.69) is 44.7 Å². The fourth-order valence-electron chi connectivity index (χ4n) is 1.27. The number of thiol groups is 1. The van der Waals surface area contributed by atoms with E-state index in [4.69, 9.17) is 5.26 Å². The van der Waals surface area contributed by atoms with Crippen LogP contribution in [0.5, 0.6) is 0 Å². The maximum absolute atomic E-state index is 8.99. The van der Waals surface area contributed by atoms with Crippen LogP contribution in [0, 0.1) is 11.3 Å². The molecule has 0 saturated heterocycles. The summed E-state index contributed by atoms with van der Waals surface area (Å²) in [5, 5.41) is 10.1. The normalized spacial score (nSPS) is 10.3. The first-order valence-corrected chi connectivity index (χ1v) is 7.66. The molecule has 0 amide bonds. The minimum absolute atomic E-state index is 0.387. The molecule has 0 unspecified atom stereocenters. The van der Waals surface area contributed by atoms with E-state index in [-0.39, 0.29) is 0 Å². The molecule has 0 fully saturated rings. The summed E-state index contributed by atoms with van der Waals surface area (Å²) in [6, 6.07) is 8.46. The van der Waals surface area contributed by atoms with Crippen molar-refractivity contribution in [3.63, 3.8) is 0 Å². The third kappa shape index (κ3) is 3.57. The number of nitrogens with zero attached hydrogens (tertiary/aromatic N) is 1. The van der Waals surface area contributed by atoms with Crippen molar-refractivity contribution in [2.45, 2.75) is 25.1 Å². The Labute approximate surface area is 103 Å². The summed E-state index contributed by atoms with van der Waals surface area (Å²) < 4.78 is 1.23. The average molecular weight is 284 g/mol. The first-order chi connectivity index (χ1) is 7.19. The quantitative estimate of drug-likeness (QED) is 0.666. The van der Waals surface area contributed by atoms with Gasteiger partial charge in [0.25, 0.3) is 0 Å². The van der Waals surface area contributed by atoms with E-state index < -0.39 is 0 Å². The molecule has 0 aromatic heterocycles. The number of benzene rings is 1. The van der Waals surface area contributed by atoms with Gasteiger partial charge in [0.05, 0.1) is 0 Å². The van der Waals surface area contributed by atoms with Crippen LogP contribution >= 0.6 is 12.6 Å². The number of hydrogen-bond acceptors (Lipinski definition) is 2. The molecule has 0 aliphatic heterocycles. The van der Waals surface area contributed by atoms with E-state index in [0.717, 1.165) is 16.6 Å². The van der Waals surface area contributed by atoms with Crippen LogP contribution in [0.15, 0.2) is 18.2 Å². The predicted octanol–water partition coefficient (Wildman–Crippen LogP) is 2.36. The molecule has 0 aliphatic rings. The summed E-state index contributed by atoms with van der Waals surface area (Å²) in [6.45, 7) is 4.35. The van der Waals surface area contributed by atoms with Crippen molar-refractivity contribution >= 4 is 32.0 Å². The number of rotatable bonds is 4. The van der Waals surface area contributed by atoms with Gasteiger partial charge in [0.15, 0.2) is 0 Å². The monoisotopic (exact) mass is 285 g/mol. The zero-order valence-corrected chi connectivity index (χ0v) is 11.6. The van der Waals surface area contributed by atoms with Crippen molar-refractivity contribution in [2.75, 3.05) is 5.75 Å². The first kappa shape index (κ1) is 12.6. The fourth-order valence-corrected chi connectivity index (χ4v) is 3.42. The van der Waals surface area contributed by atoms with Crippen molar-refractivity contribution in [2.24, 2.45) is 0 Å². The second-order valence-electron chi connectivity index (χ2n) is 3.59. The second kappa shape index (κ2) is 6.23. The summed E-state index contributed by atoms with van der Waals surface area (Å²) in [6.07, 6.45) is 0. The molecule has 3 heteroatoms. The van der Waals surface area contributed by atoms with Crippen molar-refractivity contribution in [1.82, 2.24) is 0 Å². The first-order valence-electron chi connectivity index (χ1n) is 4.96. The number of hydrogen-bond donors (Lipinski definition) is 1. The van der Waals surface area contributed by atoms with Crippen molar-refractivity contribution < 1.29 is 0 Å². The molecular weight excluding hydrogens is 269 g/mol. The molecule has 1 rings (SSSR count). The average Bonchev–Trinajstić information content (AvgIpc) is 2.25. The van der Waals surface area contributed by atoms with Gasteiger partial charge in [0.1, 0.15) is 0 Å². The Kier molecular flexibility index (Phi) is 5.25. The molecule has 0 N–H and O–H groups in total. The maximum atomic E-state index is 8.99. The summed E-state index contributed by atoms with van der Waals surface area (Å²) in [4.78, 5) is 0. The topological polar surface area (TPSA) is 23.8 Å². The molecule has 15 heavy (non-hydrogen) atoms. The van der Waals surface area contributed by atoms with Gasteiger partial charge in [-0.25, -0.2) is 0 Å². The Hall–Kier alpha value is -0.421. The summed E-state index contributed by atoms with van der Waals surface area (Å²) in [5.41, 5.74) is 2.16. The standard InChI is InChI=1S/C12H15NSSe/c1-9(2)10-3-4-11(8-13)12(7-10)15-6-5-14/h3-4,7,9,14H,5-6H2,1-2H3. The molecule has 80 valence electrons. The molecule has 0 atom stereocenters. The van der Waals surface area contributed by atoms with E-state index in [1.807, 2.05) is 6.07 Å². The Balaban J connectivity index is 2.98. The molecule has 0 heterocycles. The van der Waals surface area contributed by atoms with Crippen molar-refractivity contribution in [3.05, 3.63) is 29.3 Å². The molecule has 0 bridgehead atoms. The van der Waals surface area contributed by atoms with Gasteiger partial charge in [-0.2, -0.15) is 0 Å². The molecular formula is C12H15NSSe. The van der Waals surface area contributed by atoms with E-state index in [0.29, 0.717) is 20.9 Å². The van der Waals surface area contributed by atoms with Gasteiger partial charge in [-0.3, -0.25) is 0 Å².